The number of hydrogen-bond acceptors (Lipinski definition) is 4. The Morgan fingerprint density at radius 3 is 3.00 bits per heavy atom. The summed E-state index contributed by atoms with van der Waals surface area (Å²) < 4.78 is 3.76. The van der Waals surface area contributed by atoms with Crippen molar-refractivity contribution in [3.05, 3.63) is 11.1 Å². The zero-order valence-corrected chi connectivity index (χ0v) is 7.63. The zero-order chi connectivity index (χ0) is 8.39. The van der Waals surface area contributed by atoms with E-state index in [1.54, 1.807) is 0 Å². The van der Waals surface area contributed by atoms with Crippen LogP contribution in [-0.4, -0.2) is 20.8 Å². The molecule has 12 heavy (non-hydrogen) atoms. The number of rotatable bonds is 3. The Hall–Kier alpha value is -0.480. The van der Waals surface area contributed by atoms with Crippen LogP contribution in [0.5, 0.6) is 0 Å². The first-order valence-corrected chi connectivity index (χ1v) is 5.14. The summed E-state index contributed by atoms with van der Waals surface area (Å²) in [6.07, 6.45) is 4.12. The summed E-state index contributed by atoms with van der Waals surface area (Å²) in [4.78, 5) is 0. The van der Waals surface area contributed by atoms with Crippen LogP contribution in [0.15, 0.2) is 5.38 Å². The molecule has 0 amide bonds. The van der Waals surface area contributed by atoms with Gasteiger partial charge in [-0.15, -0.1) is 5.10 Å². The summed E-state index contributed by atoms with van der Waals surface area (Å²) in [6.45, 7) is 0. The van der Waals surface area contributed by atoms with Crippen molar-refractivity contribution < 1.29 is 5.11 Å². The third kappa shape index (κ3) is 1.64. The maximum atomic E-state index is 9.68. The SMILES string of the molecule is OC(Cc1csnn1)C1CCC1. The van der Waals surface area contributed by atoms with Crippen molar-refractivity contribution in [2.24, 2.45) is 5.92 Å². The first-order valence-electron chi connectivity index (χ1n) is 4.30. The van der Waals surface area contributed by atoms with Crippen LogP contribution in [0.3, 0.4) is 0 Å². The molecule has 2 rings (SSSR count). The first-order chi connectivity index (χ1) is 5.86. The predicted octanol–water partition coefficient (Wildman–Crippen LogP) is 1.24. The third-order valence-corrected chi connectivity index (χ3v) is 3.07. The average Bonchev–Trinajstić information content (AvgIpc) is 2.34. The van der Waals surface area contributed by atoms with E-state index >= 15 is 0 Å². The summed E-state index contributed by atoms with van der Waals surface area (Å²) in [5.74, 6) is 0.520. The molecule has 1 saturated carbocycles. The van der Waals surface area contributed by atoms with Crippen LogP contribution < -0.4 is 0 Å². The highest BCUT2D eigenvalue weighted by Crippen LogP contribution is 2.30. The van der Waals surface area contributed by atoms with E-state index in [9.17, 15) is 5.11 Å². The standard InChI is InChI=1S/C8H12N2OS/c11-8(6-2-1-3-6)4-7-5-12-10-9-7/h5-6,8,11H,1-4H2. The van der Waals surface area contributed by atoms with Gasteiger partial charge in [0.2, 0.25) is 0 Å². The number of aliphatic hydroxyl groups is 1. The number of nitrogens with zero attached hydrogens (tertiary/aromatic N) is 2. The summed E-state index contributed by atoms with van der Waals surface area (Å²) >= 11 is 1.35. The molecule has 0 saturated heterocycles. The van der Waals surface area contributed by atoms with Crippen molar-refractivity contribution >= 4 is 11.5 Å². The molecule has 66 valence electrons. The largest absolute Gasteiger partial charge is 0.392 e. The highest BCUT2D eigenvalue weighted by Gasteiger charge is 2.25. The maximum Gasteiger partial charge on any atom is 0.0781 e. The molecule has 1 heterocycles. The fourth-order valence-corrected chi connectivity index (χ4v) is 1.94. The summed E-state index contributed by atoms with van der Waals surface area (Å²) in [6, 6.07) is 0. The fourth-order valence-electron chi connectivity index (χ4n) is 1.48. The molecular weight excluding hydrogens is 172 g/mol. The minimum absolute atomic E-state index is 0.192. The lowest BCUT2D eigenvalue weighted by atomic mass is 9.80. The lowest BCUT2D eigenvalue weighted by molar-refractivity contribution is 0.0622. The van der Waals surface area contributed by atoms with E-state index in [1.165, 1.54) is 30.8 Å². The van der Waals surface area contributed by atoms with E-state index in [0.29, 0.717) is 12.3 Å². The molecule has 1 N–H and O–H groups in total. The van der Waals surface area contributed by atoms with E-state index in [0.717, 1.165) is 5.69 Å². The Morgan fingerprint density at radius 2 is 2.50 bits per heavy atom. The molecule has 1 aliphatic carbocycles. The van der Waals surface area contributed by atoms with Gasteiger partial charge in [0.25, 0.3) is 0 Å². The van der Waals surface area contributed by atoms with Gasteiger partial charge in [0.05, 0.1) is 11.8 Å². The first kappa shape index (κ1) is 8.13. The van der Waals surface area contributed by atoms with Gasteiger partial charge in [0, 0.05) is 11.8 Å². The Kier molecular flexibility index (Phi) is 2.37. The third-order valence-electron chi connectivity index (χ3n) is 2.52. The molecule has 0 spiro atoms. The molecule has 1 aromatic heterocycles. The van der Waals surface area contributed by atoms with Crippen LogP contribution in [0.2, 0.25) is 0 Å². The fraction of sp³-hybridized carbons (Fsp3) is 0.750. The van der Waals surface area contributed by atoms with Crippen molar-refractivity contribution in [3.63, 3.8) is 0 Å². The van der Waals surface area contributed by atoms with Gasteiger partial charge in [-0.25, -0.2) is 0 Å². The normalized spacial score (nSPS) is 20.4. The second-order valence-corrected chi connectivity index (χ2v) is 3.97. The molecular formula is C8H12N2OS. The predicted molar refractivity (Wildman–Crippen MR) is 47.0 cm³/mol. The second kappa shape index (κ2) is 3.49. The van der Waals surface area contributed by atoms with Gasteiger partial charge in [0.1, 0.15) is 0 Å². The van der Waals surface area contributed by atoms with Gasteiger partial charge in [-0.1, -0.05) is 10.9 Å². The zero-order valence-electron chi connectivity index (χ0n) is 6.81. The minimum Gasteiger partial charge on any atom is -0.392 e. The van der Waals surface area contributed by atoms with Crippen LogP contribution >= 0.6 is 11.5 Å². The minimum atomic E-state index is -0.192. The van der Waals surface area contributed by atoms with Crippen LogP contribution in [0, 0.1) is 5.92 Å². The van der Waals surface area contributed by atoms with Crippen molar-refractivity contribution in [2.75, 3.05) is 0 Å². The molecule has 4 heteroatoms. The van der Waals surface area contributed by atoms with Crippen molar-refractivity contribution in [1.82, 2.24) is 9.59 Å². The molecule has 0 aliphatic heterocycles. The van der Waals surface area contributed by atoms with E-state index < -0.39 is 0 Å². The Morgan fingerprint density at radius 1 is 1.67 bits per heavy atom. The molecule has 0 bridgehead atoms. The lowest BCUT2D eigenvalue weighted by Crippen LogP contribution is -2.28. The van der Waals surface area contributed by atoms with Crippen LogP contribution in [-0.2, 0) is 6.42 Å². The molecule has 0 aromatic carbocycles. The molecule has 0 radical (unpaired) electrons. The molecule has 1 aliphatic rings. The number of hydrogen-bond donors (Lipinski definition) is 1. The Bertz CT molecular complexity index is 233. The lowest BCUT2D eigenvalue weighted by Gasteiger charge is -2.29. The molecule has 1 atom stereocenters. The van der Waals surface area contributed by atoms with Gasteiger partial charge in [-0.2, -0.15) is 0 Å². The highest BCUT2D eigenvalue weighted by molar-refractivity contribution is 7.03. The van der Waals surface area contributed by atoms with Gasteiger partial charge in [0.15, 0.2) is 0 Å². The van der Waals surface area contributed by atoms with Gasteiger partial charge < -0.3 is 5.11 Å². The van der Waals surface area contributed by atoms with Crippen LogP contribution in [0.1, 0.15) is 25.0 Å². The van der Waals surface area contributed by atoms with Crippen LogP contribution in [0.4, 0.5) is 0 Å². The van der Waals surface area contributed by atoms with Gasteiger partial charge in [-0.05, 0) is 30.3 Å². The Labute approximate surface area is 75.6 Å². The number of aliphatic hydroxyl groups excluding tert-OH is 1. The number of aromatic nitrogens is 2. The Balaban J connectivity index is 1.86. The van der Waals surface area contributed by atoms with E-state index in [1.807, 2.05) is 5.38 Å². The quantitative estimate of drug-likeness (QED) is 0.768. The molecule has 1 unspecified atom stereocenters. The van der Waals surface area contributed by atoms with Crippen molar-refractivity contribution in [1.29, 1.82) is 0 Å². The maximum absolute atomic E-state index is 9.68. The van der Waals surface area contributed by atoms with E-state index in [2.05, 4.69) is 9.59 Å². The van der Waals surface area contributed by atoms with Crippen molar-refractivity contribution in [3.8, 4) is 0 Å². The smallest absolute Gasteiger partial charge is 0.0781 e. The van der Waals surface area contributed by atoms with Gasteiger partial charge in [-0.3, -0.25) is 0 Å². The molecule has 1 fully saturated rings. The van der Waals surface area contributed by atoms with Crippen LogP contribution in [0.25, 0.3) is 0 Å². The summed E-state index contributed by atoms with van der Waals surface area (Å²) in [5, 5.41) is 15.5. The topological polar surface area (TPSA) is 46.0 Å². The highest BCUT2D eigenvalue weighted by atomic mass is 32.1. The van der Waals surface area contributed by atoms with E-state index in [-0.39, 0.29) is 6.10 Å². The average molecular weight is 184 g/mol. The summed E-state index contributed by atoms with van der Waals surface area (Å²) in [7, 11) is 0. The van der Waals surface area contributed by atoms with Crippen molar-refractivity contribution in [2.45, 2.75) is 31.8 Å². The molecule has 1 aromatic rings. The van der Waals surface area contributed by atoms with Gasteiger partial charge >= 0.3 is 0 Å². The second-order valence-electron chi connectivity index (χ2n) is 3.36. The van der Waals surface area contributed by atoms with E-state index in [4.69, 9.17) is 0 Å². The monoisotopic (exact) mass is 184 g/mol. The molecule has 3 nitrogen and oxygen atoms in total. The summed E-state index contributed by atoms with van der Waals surface area (Å²) in [5.41, 5.74) is 0.930.